The van der Waals surface area contributed by atoms with Gasteiger partial charge in [0.1, 0.15) is 23.8 Å². The molecule has 1 saturated carbocycles. The van der Waals surface area contributed by atoms with E-state index in [0.29, 0.717) is 41.0 Å². The molecule has 1 fully saturated rings. The first kappa shape index (κ1) is 28.5. The van der Waals surface area contributed by atoms with E-state index in [1.165, 1.54) is 12.1 Å². The second-order valence-electron chi connectivity index (χ2n) is 11.7. The number of nitrogens with one attached hydrogen (secondary N) is 2. The molecule has 0 unspecified atom stereocenters. The number of carbonyl (C=O) groups is 2. The first-order chi connectivity index (χ1) is 21.8. The Morgan fingerprint density at radius 3 is 2.56 bits per heavy atom. The molecule has 0 bridgehead atoms. The third kappa shape index (κ3) is 5.27. The van der Waals surface area contributed by atoms with Crippen LogP contribution in [0.5, 0.6) is 0 Å². The molecule has 0 radical (unpaired) electrons. The first-order valence-electron chi connectivity index (χ1n) is 15.1. The van der Waals surface area contributed by atoms with Crippen LogP contribution in [-0.4, -0.2) is 44.6 Å². The van der Waals surface area contributed by atoms with Crippen molar-refractivity contribution in [3.8, 4) is 17.1 Å². The van der Waals surface area contributed by atoms with Gasteiger partial charge < -0.3 is 31.1 Å². The molecule has 4 aromatic carbocycles. The van der Waals surface area contributed by atoms with Gasteiger partial charge in [0.05, 0.1) is 27.6 Å². The molecule has 1 amide bonds. The summed E-state index contributed by atoms with van der Waals surface area (Å²) >= 11 is 0. The quantitative estimate of drug-likeness (QED) is 0.160. The topological polar surface area (TPSA) is 141 Å². The van der Waals surface area contributed by atoms with Crippen LogP contribution in [0.4, 0.5) is 10.1 Å². The highest BCUT2D eigenvalue weighted by molar-refractivity contribution is 6.15. The maximum Gasteiger partial charge on any atom is 0.322 e. The molecular formula is C35H33FN6O3. The minimum absolute atomic E-state index is 0.0753. The molecule has 2 heterocycles. The molecule has 10 heteroatoms. The van der Waals surface area contributed by atoms with Crippen LogP contribution in [0.15, 0.2) is 78.9 Å². The van der Waals surface area contributed by atoms with Crippen LogP contribution in [0, 0.1) is 5.82 Å². The Balaban J connectivity index is 1.28. The van der Waals surface area contributed by atoms with Crippen molar-refractivity contribution in [2.45, 2.75) is 50.8 Å². The van der Waals surface area contributed by atoms with E-state index in [0.717, 1.165) is 45.9 Å². The number of halogens is 1. The molecule has 0 saturated heterocycles. The van der Waals surface area contributed by atoms with Crippen LogP contribution in [0.1, 0.15) is 43.0 Å². The van der Waals surface area contributed by atoms with Crippen LogP contribution in [0.2, 0.25) is 0 Å². The maximum atomic E-state index is 13.9. The largest absolute Gasteiger partial charge is 0.461 e. The lowest BCUT2D eigenvalue weighted by atomic mass is 9.92. The van der Waals surface area contributed by atoms with E-state index in [2.05, 4.69) is 33.1 Å². The molecule has 7 rings (SSSR count). The van der Waals surface area contributed by atoms with Gasteiger partial charge in [0.2, 0.25) is 0 Å². The summed E-state index contributed by atoms with van der Waals surface area (Å²) in [6.07, 6.45) is 2.76. The summed E-state index contributed by atoms with van der Waals surface area (Å²) in [5.74, 6) is -0.583. The van der Waals surface area contributed by atoms with Gasteiger partial charge in [0.25, 0.3) is 5.91 Å². The van der Waals surface area contributed by atoms with Crippen LogP contribution >= 0.6 is 0 Å². The molecule has 1 aliphatic rings. The number of aromatic nitrogens is 3. The van der Waals surface area contributed by atoms with Crippen LogP contribution < -0.4 is 16.8 Å². The molecule has 2 aromatic heterocycles. The summed E-state index contributed by atoms with van der Waals surface area (Å²) in [6.45, 7) is 1.62. The number of ether oxygens (including phenoxy) is 1. The van der Waals surface area contributed by atoms with Crippen molar-refractivity contribution in [3.05, 3.63) is 90.2 Å². The zero-order chi connectivity index (χ0) is 31.2. The van der Waals surface area contributed by atoms with Gasteiger partial charge in [-0.3, -0.25) is 9.59 Å². The Morgan fingerprint density at radius 2 is 1.78 bits per heavy atom. The zero-order valence-corrected chi connectivity index (χ0v) is 24.7. The summed E-state index contributed by atoms with van der Waals surface area (Å²) in [6, 6.07) is 23.8. The van der Waals surface area contributed by atoms with E-state index in [1.807, 2.05) is 36.4 Å². The third-order valence-electron chi connectivity index (χ3n) is 8.61. The molecule has 6 aromatic rings. The number of hydrogen-bond acceptors (Lipinski definition) is 6. The van der Waals surface area contributed by atoms with E-state index >= 15 is 0 Å². The van der Waals surface area contributed by atoms with Gasteiger partial charge in [-0.25, -0.2) is 9.37 Å². The lowest BCUT2D eigenvalue weighted by Gasteiger charge is -2.30. The Morgan fingerprint density at radius 1 is 1.00 bits per heavy atom. The van der Waals surface area contributed by atoms with Gasteiger partial charge in [0, 0.05) is 33.8 Å². The summed E-state index contributed by atoms with van der Waals surface area (Å²) in [5, 5.41) is 5.59. The van der Waals surface area contributed by atoms with E-state index in [4.69, 9.17) is 21.2 Å². The van der Waals surface area contributed by atoms with E-state index in [9.17, 15) is 14.0 Å². The van der Waals surface area contributed by atoms with E-state index in [-0.39, 0.29) is 18.0 Å². The predicted octanol–water partition coefficient (Wildman–Crippen LogP) is 6.18. The van der Waals surface area contributed by atoms with Crippen molar-refractivity contribution in [2.75, 3.05) is 5.32 Å². The number of anilines is 1. The molecule has 9 nitrogen and oxygen atoms in total. The standard InChI is InChI=1S/C35H33FN6O3/c1-19(37)35(44)45-23-13-10-21(11-14-23)39-28-18-22(12-15-24(28)33(38)43)42-30-7-3-2-5-25(30)32-26(6-4-8-31(32)42)34-40-27-16-9-20(36)17-29(27)41-34/h2-9,12,15-19,21,23,39H,10-11,13-14,37H2,1H3,(H2,38,43)(H,40,41)/t19-,21-,23-/m0/s1. The average Bonchev–Trinajstić information content (AvgIpc) is 3.60. The molecular weight excluding hydrogens is 571 g/mol. The Labute approximate surface area is 258 Å². The van der Waals surface area contributed by atoms with Crippen molar-refractivity contribution >= 4 is 50.4 Å². The zero-order valence-electron chi connectivity index (χ0n) is 24.7. The van der Waals surface area contributed by atoms with Crippen molar-refractivity contribution in [3.63, 3.8) is 0 Å². The lowest BCUT2D eigenvalue weighted by molar-refractivity contribution is -0.151. The fourth-order valence-corrected chi connectivity index (χ4v) is 6.43. The highest BCUT2D eigenvalue weighted by Crippen LogP contribution is 2.39. The minimum atomic E-state index is -0.651. The predicted molar refractivity (Wildman–Crippen MR) is 174 cm³/mol. The van der Waals surface area contributed by atoms with Crippen LogP contribution in [0.3, 0.4) is 0 Å². The van der Waals surface area contributed by atoms with Gasteiger partial charge in [-0.05, 0) is 81.1 Å². The van der Waals surface area contributed by atoms with Crippen molar-refractivity contribution in [1.29, 1.82) is 0 Å². The number of fused-ring (bicyclic) bond motifs is 4. The maximum absolute atomic E-state index is 13.9. The van der Waals surface area contributed by atoms with Crippen molar-refractivity contribution in [2.24, 2.45) is 11.5 Å². The minimum Gasteiger partial charge on any atom is -0.461 e. The van der Waals surface area contributed by atoms with Gasteiger partial charge >= 0.3 is 5.97 Å². The number of aromatic amines is 1. The Hall–Kier alpha value is -5.22. The SMILES string of the molecule is C[C@H](N)C(=O)O[C@H]1CC[C@H](Nc2cc(-n3c4ccccc4c4c(-c5nc6ccc(F)cc6[nH]5)cccc43)ccc2C(N)=O)CC1. The molecule has 0 aliphatic heterocycles. The van der Waals surface area contributed by atoms with E-state index in [1.54, 1.807) is 19.1 Å². The number of hydrogen-bond donors (Lipinski definition) is 4. The van der Waals surface area contributed by atoms with Crippen molar-refractivity contribution < 1.29 is 18.7 Å². The number of amides is 1. The molecule has 1 aliphatic carbocycles. The van der Waals surface area contributed by atoms with Crippen LogP contribution in [-0.2, 0) is 9.53 Å². The molecule has 0 spiro atoms. The second-order valence-corrected chi connectivity index (χ2v) is 11.7. The van der Waals surface area contributed by atoms with Gasteiger partial charge in [0.15, 0.2) is 0 Å². The first-order valence-corrected chi connectivity index (χ1v) is 15.1. The number of rotatable bonds is 7. The number of nitrogens with two attached hydrogens (primary N) is 2. The highest BCUT2D eigenvalue weighted by Gasteiger charge is 2.26. The summed E-state index contributed by atoms with van der Waals surface area (Å²) < 4.78 is 21.6. The lowest BCUT2D eigenvalue weighted by Crippen LogP contribution is -2.36. The molecule has 45 heavy (non-hydrogen) atoms. The monoisotopic (exact) mass is 604 g/mol. The van der Waals surface area contributed by atoms with Gasteiger partial charge in [-0.2, -0.15) is 0 Å². The second kappa shape index (κ2) is 11.4. The van der Waals surface area contributed by atoms with E-state index < -0.39 is 17.9 Å². The molecule has 6 N–H and O–H groups in total. The number of H-pyrrole nitrogens is 1. The van der Waals surface area contributed by atoms with Crippen LogP contribution in [0.25, 0.3) is 49.9 Å². The normalized spacial score (nSPS) is 17.5. The third-order valence-corrected chi connectivity index (χ3v) is 8.61. The number of primary amides is 1. The highest BCUT2D eigenvalue weighted by atomic mass is 19.1. The van der Waals surface area contributed by atoms with Gasteiger partial charge in [-0.15, -0.1) is 0 Å². The summed E-state index contributed by atoms with van der Waals surface area (Å²) in [7, 11) is 0. The number of carbonyl (C=O) groups excluding carboxylic acids is 2. The number of imidazole rings is 1. The molecule has 228 valence electrons. The van der Waals surface area contributed by atoms with Gasteiger partial charge in [-0.1, -0.05) is 30.3 Å². The Bertz CT molecular complexity index is 2090. The van der Waals surface area contributed by atoms with Crippen molar-refractivity contribution in [1.82, 2.24) is 14.5 Å². The Kier molecular flexibility index (Phi) is 7.21. The fraction of sp³-hybridized carbons (Fsp3) is 0.229. The smallest absolute Gasteiger partial charge is 0.322 e. The number of benzene rings is 4. The number of para-hydroxylation sites is 1. The summed E-state index contributed by atoms with van der Waals surface area (Å²) in [4.78, 5) is 32.5. The number of nitrogens with zero attached hydrogens (tertiary/aromatic N) is 2. The number of esters is 1. The molecule has 1 atom stereocenters. The average molecular weight is 605 g/mol. The fourth-order valence-electron chi connectivity index (χ4n) is 6.43. The summed E-state index contributed by atoms with van der Waals surface area (Å²) in [5.41, 5.74) is 17.5.